The number of anilines is 1. The maximum atomic E-state index is 13.1. The van der Waals surface area contributed by atoms with Crippen molar-refractivity contribution in [2.75, 3.05) is 24.7 Å². The molecule has 1 unspecified atom stereocenters. The summed E-state index contributed by atoms with van der Waals surface area (Å²) in [6.45, 7) is 2.36. The van der Waals surface area contributed by atoms with E-state index in [1.165, 1.54) is 28.4 Å². The predicted molar refractivity (Wildman–Crippen MR) is 128 cm³/mol. The van der Waals surface area contributed by atoms with Gasteiger partial charge in [-0.15, -0.1) is 16.9 Å². The first-order valence-electron chi connectivity index (χ1n) is 10.9. The number of rotatable bonds is 9. The topological polar surface area (TPSA) is 115 Å². The second kappa shape index (κ2) is 10.6. The molecule has 1 saturated heterocycles. The first-order chi connectivity index (χ1) is 16.4. The van der Waals surface area contributed by atoms with Gasteiger partial charge in [0, 0.05) is 11.4 Å². The van der Waals surface area contributed by atoms with Crippen molar-refractivity contribution in [3.8, 4) is 5.75 Å². The van der Waals surface area contributed by atoms with E-state index >= 15 is 0 Å². The van der Waals surface area contributed by atoms with E-state index in [0.29, 0.717) is 30.9 Å². The number of nitrogens with zero attached hydrogens (tertiary/aromatic N) is 3. The van der Waals surface area contributed by atoms with E-state index < -0.39 is 22.0 Å². The average molecular weight is 503 g/mol. The third-order valence-electron chi connectivity index (χ3n) is 5.46. The lowest BCUT2D eigenvalue weighted by Crippen LogP contribution is -2.43. The lowest BCUT2D eigenvalue weighted by molar-refractivity contribution is -0.119. The number of aromatic nitrogens is 2. The first kappa shape index (κ1) is 24.2. The summed E-state index contributed by atoms with van der Waals surface area (Å²) in [5.41, 5.74) is 1.01. The minimum Gasteiger partial charge on any atom is -0.497 e. The molecule has 2 aromatic carbocycles. The van der Waals surface area contributed by atoms with Crippen LogP contribution in [0.3, 0.4) is 0 Å². The molecule has 0 bridgehead atoms. The lowest BCUT2D eigenvalue weighted by Gasteiger charge is -2.22. The Balaban J connectivity index is 1.41. The molecule has 0 aliphatic carbocycles. The van der Waals surface area contributed by atoms with Gasteiger partial charge in [0.25, 0.3) is 0 Å². The highest BCUT2D eigenvalue weighted by atomic mass is 32.2. The summed E-state index contributed by atoms with van der Waals surface area (Å²) in [7, 11) is -2.34. The van der Waals surface area contributed by atoms with E-state index in [9.17, 15) is 13.2 Å². The van der Waals surface area contributed by atoms with Gasteiger partial charge in [0.1, 0.15) is 11.8 Å². The van der Waals surface area contributed by atoms with Gasteiger partial charge >= 0.3 is 6.01 Å². The van der Waals surface area contributed by atoms with Crippen LogP contribution < -0.4 is 10.1 Å². The van der Waals surface area contributed by atoms with Crippen LogP contribution in [-0.4, -0.2) is 54.3 Å². The second-order valence-corrected chi connectivity index (χ2v) is 10.9. The molecule has 11 heteroatoms. The van der Waals surface area contributed by atoms with Crippen LogP contribution in [0.2, 0.25) is 0 Å². The van der Waals surface area contributed by atoms with E-state index in [4.69, 9.17) is 9.15 Å². The molecule has 0 spiro atoms. The van der Waals surface area contributed by atoms with Crippen molar-refractivity contribution in [2.24, 2.45) is 0 Å². The van der Waals surface area contributed by atoms with Crippen LogP contribution >= 0.6 is 11.8 Å². The van der Waals surface area contributed by atoms with Crippen LogP contribution in [0.15, 0.2) is 62.7 Å². The molecule has 3 aromatic rings. The largest absolute Gasteiger partial charge is 0.497 e. The Morgan fingerprint density at radius 1 is 1.18 bits per heavy atom. The fourth-order valence-corrected chi connectivity index (χ4v) is 6.10. The lowest BCUT2D eigenvalue weighted by atomic mass is 10.1. The summed E-state index contributed by atoms with van der Waals surface area (Å²) in [4.78, 5) is 14.2. The van der Waals surface area contributed by atoms with Gasteiger partial charge in [-0.25, -0.2) is 8.42 Å². The van der Waals surface area contributed by atoms with Gasteiger partial charge in [0.15, 0.2) is 0 Å². The van der Waals surface area contributed by atoms with E-state index in [1.54, 1.807) is 23.9 Å². The second-order valence-electron chi connectivity index (χ2n) is 7.69. The van der Waals surface area contributed by atoms with Crippen LogP contribution in [0.5, 0.6) is 5.75 Å². The Labute approximate surface area is 202 Å². The molecule has 1 amide bonds. The summed E-state index contributed by atoms with van der Waals surface area (Å²) in [5, 5.41) is 10.5. The Hall–Kier alpha value is -2.89. The van der Waals surface area contributed by atoms with Crippen molar-refractivity contribution >= 4 is 33.7 Å². The van der Waals surface area contributed by atoms with Crippen LogP contribution in [0.1, 0.15) is 31.2 Å². The summed E-state index contributed by atoms with van der Waals surface area (Å²) in [6.07, 6.45) is 1.42. The van der Waals surface area contributed by atoms with Crippen LogP contribution in [-0.2, 0) is 21.2 Å². The van der Waals surface area contributed by atoms with Crippen LogP contribution in [0.4, 0.5) is 6.01 Å². The number of benzene rings is 2. The summed E-state index contributed by atoms with van der Waals surface area (Å²) in [6, 6.07) is 13.3. The van der Waals surface area contributed by atoms with Gasteiger partial charge in [-0.05, 0) is 60.6 Å². The smallest absolute Gasteiger partial charge is 0.322 e. The molecule has 0 radical (unpaired) electrons. The number of methoxy groups -OCH3 is 1. The summed E-state index contributed by atoms with van der Waals surface area (Å²) in [5.74, 6) is 1.43. The van der Waals surface area contributed by atoms with Gasteiger partial charge in [-0.3, -0.25) is 10.1 Å². The molecule has 1 fully saturated rings. The Morgan fingerprint density at radius 2 is 1.91 bits per heavy atom. The van der Waals surface area contributed by atoms with Gasteiger partial charge in [0.2, 0.25) is 21.8 Å². The summed E-state index contributed by atoms with van der Waals surface area (Å²) >= 11 is 1.76. The van der Waals surface area contributed by atoms with Crippen molar-refractivity contribution in [1.82, 2.24) is 14.5 Å². The third-order valence-corrected chi connectivity index (χ3v) is 8.28. The SMILES string of the molecule is CCSc1ccc(Cc2nnc(NC(=O)C3CCCN3S(=O)(=O)c3ccc(OC)cc3)o2)cc1. The number of hydrogen-bond donors (Lipinski definition) is 1. The quantitative estimate of drug-likeness (QED) is 0.442. The predicted octanol–water partition coefficient (Wildman–Crippen LogP) is 3.57. The summed E-state index contributed by atoms with van der Waals surface area (Å²) < 4.78 is 38.1. The standard InChI is InChI=1S/C23H26N4O5S2/c1-3-33-18-10-6-16(7-11-18)15-21-25-26-23(32-21)24-22(28)20-5-4-14-27(20)34(29,30)19-12-8-17(31-2)9-13-19/h6-13,20H,3-5,14-15H2,1-2H3,(H,24,26,28). The molecule has 1 aromatic heterocycles. The zero-order valence-electron chi connectivity index (χ0n) is 18.9. The molecular weight excluding hydrogens is 476 g/mol. The van der Waals surface area contributed by atoms with Gasteiger partial charge in [0.05, 0.1) is 18.4 Å². The fourth-order valence-electron chi connectivity index (χ4n) is 3.78. The van der Waals surface area contributed by atoms with Crippen LogP contribution in [0, 0.1) is 0 Å². The number of nitrogens with one attached hydrogen (secondary N) is 1. The highest BCUT2D eigenvalue weighted by molar-refractivity contribution is 7.99. The van der Waals surface area contributed by atoms with Crippen molar-refractivity contribution in [3.63, 3.8) is 0 Å². The van der Waals surface area contributed by atoms with E-state index in [1.807, 2.05) is 24.3 Å². The van der Waals surface area contributed by atoms with Gasteiger partial charge < -0.3 is 9.15 Å². The van der Waals surface area contributed by atoms with Crippen molar-refractivity contribution < 1.29 is 22.4 Å². The van der Waals surface area contributed by atoms with E-state index in [0.717, 1.165) is 11.3 Å². The highest BCUT2D eigenvalue weighted by Crippen LogP contribution is 2.28. The zero-order valence-corrected chi connectivity index (χ0v) is 20.6. The maximum Gasteiger partial charge on any atom is 0.322 e. The molecule has 0 saturated carbocycles. The molecule has 2 heterocycles. The Morgan fingerprint density at radius 3 is 2.59 bits per heavy atom. The molecule has 9 nitrogen and oxygen atoms in total. The van der Waals surface area contributed by atoms with Gasteiger partial charge in [-0.1, -0.05) is 24.2 Å². The van der Waals surface area contributed by atoms with Crippen molar-refractivity contribution in [3.05, 3.63) is 60.0 Å². The molecule has 1 aliphatic rings. The number of sulfonamides is 1. The fraction of sp³-hybridized carbons (Fsp3) is 0.348. The number of carbonyl (C=O) groups excluding carboxylic acids is 1. The molecule has 4 rings (SSSR count). The molecule has 1 atom stereocenters. The third kappa shape index (κ3) is 5.43. The van der Waals surface area contributed by atoms with E-state index in [-0.39, 0.29) is 17.5 Å². The number of thioether (sulfide) groups is 1. The van der Waals surface area contributed by atoms with Crippen molar-refractivity contribution in [2.45, 2.75) is 42.0 Å². The zero-order chi connectivity index (χ0) is 24.1. The molecule has 34 heavy (non-hydrogen) atoms. The van der Waals surface area contributed by atoms with Crippen LogP contribution in [0.25, 0.3) is 0 Å². The van der Waals surface area contributed by atoms with E-state index in [2.05, 4.69) is 22.4 Å². The minimum atomic E-state index is -3.84. The molecule has 1 N–H and O–H groups in total. The molecule has 180 valence electrons. The number of hydrogen-bond acceptors (Lipinski definition) is 8. The van der Waals surface area contributed by atoms with Gasteiger partial charge in [-0.2, -0.15) is 4.31 Å². The minimum absolute atomic E-state index is 0.0492. The Bertz CT molecular complexity index is 1230. The maximum absolute atomic E-state index is 13.1. The first-order valence-corrected chi connectivity index (χ1v) is 13.3. The number of amides is 1. The van der Waals surface area contributed by atoms with Crippen molar-refractivity contribution in [1.29, 1.82) is 0 Å². The monoisotopic (exact) mass is 502 g/mol. The number of ether oxygens (including phenoxy) is 1. The Kier molecular flexibility index (Phi) is 7.54. The average Bonchev–Trinajstić information content (AvgIpc) is 3.51. The highest BCUT2D eigenvalue weighted by Gasteiger charge is 2.39. The molecule has 1 aliphatic heterocycles. The normalized spacial score (nSPS) is 16.5. The number of carbonyl (C=O) groups is 1. The molecular formula is C23H26N4O5S2.